The summed E-state index contributed by atoms with van der Waals surface area (Å²) in [6, 6.07) is 15.6. The molecule has 3 heterocycles. The molecule has 0 bridgehead atoms. The molecule has 0 radical (unpaired) electrons. The van der Waals surface area contributed by atoms with E-state index < -0.39 is 11.6 Å². The van der Waals surface area contributed by atoms with E-state index in [-0.39, 0.29) is 11.8 Å². The molecule has 2 aliphatic heterocycles. The van der Waals surface area contributed by atoms with Crippen LogP contribution in [0, 0.1) is 0 Å². The average molecular weight is 496 g/mol. The highest BCUT2D eigenvalue weighted by Gasteiger charge is 2.52. The second-order valence-corrected chi connectivity index (χ2v) is 11.3. The van der Waals surface area contributed by atoms with Gasteiger partial charge in [0.05, 0.1) is 0 Å². The van der Waals surface area contributed by atoms with Crippen LogP contribution in [-0.4, -0.2) is 57.7 Å². The summed E-state index contributed by atoms with van der Waals surface area (Å²) in [5.41, 5.74) is 1.45. The van der Waals surface area contributed by atoms with Gasteiger partial charge in [-0.15, -0.1) is 11.3 Å². The molecule has 0 aliphatic carbocycles. The molecule has 0 spiro atoms. The monoisotopic (exact) mass is 495 g/mol. The number of carbonyl (C=O) groups excluding carboxylic acids is 2. The molecule has 178 valence electrons. The fourth-order valence-corrected chi connectivity index (χ4v) is 6.52. The van der Waals surface area contributed by atoms with E-state index in [1.165, 1.54) is 20.5 Å². The molecule has 2 aliphatic rings. The number of benzene rings is 2. The van der Waals surface area contributed by atoms with Crippen molar-refractivity contribution < 1.29 is 9.59 Å². The number of carbonyl (C=O) groups is 2. The van der Waals surface area contributed by atoms with Crippen molar-refractivity contribution in [2.75, 3.05) is 19.6 Å². The first kappa shape index (κ1) is 23.3. The van der Waals surface area contributed by atoms with Crippen molar-refractivity contribution in [3.63, 3.8) is 0 Å². The lowest BCUT2D eigenvalue weighted by Crippen LogP contribution is -2.73. The quantitative estimate of drug-likeness (QED) is 0.503. The van der Waals surface area contributed by atoms with Crippen LogP contribution in [0.15, 0.2) is 48.5 Å². The van der Waals surface area contributed by atoms with Crippen LogP contribution in [0.3, 0.4) is 0 Å². The van der Waals surface area contributed by atoms with Crippen LogP contribution < -0.4 is 0 Å². The third kappa shape index (κ3) is 4.02. The standard InChI is InChI=1S/C27H30ClN3O2S/c1-4-23-21(20-7-5-6-8-24(20)34-23)16-29-13-14-30-22(17-29)25(32)31(27(2,3)26(30)33)15-18-9-11-19(28)12-10-18/h5-12,22H,4,13-17H2,1-3H3. The van der Waals surface area contributed by atoms with Crippen LogP contribution in [0.2, 0.25) is 5.02 Å². The fraction of sp³-hybridized carbons (Fsp3) is 0.407. The van der Waals surface area contributed by atoms with Gasteiger partial charge in [0.15, 0.2) is 0 Å². The summed E-state index contributed by atoms with van der Waals surface area (Å²) in [5, 5.41) is 1.97. The molecule has 1 unspecified atom stereocenters. The zero-order valence-electron chi connectivity index (χ0n) is 19.9. The number of piperazine rings is 2. The first-order valence-corrected chi connectivity index (χ1v) is 13.1. The molecule has 0 saturated carbocycles. The van der Waals surface area contributed by atoms with Gasteiger partial charge in [-0.25, -0.2) is 0 Å². The van der Waals surface area contributed by atoms with Gasteiger partial charge in [0, 0.05) is 47.3 Å². The minimum atomic E-state index is -0.881. The zero-order valence-corrected chi connectivity index (χ0v) is 21.5. The lowest BCUT2D eigenvalue weighted by Gasteiger charge is -2.52. The number of rotatable bonds is 5. The van der Waals surface area contributed by atoms with E-state index in [1.54, 1.807) is 4.90 Å². The number of halogens is 1. The second kappa shape index (κ2) is 8.99. The van der Waals surface area contributed by atoms with E-state index in [1.807, 2.05) is 54.3 Å². The van der Waals surface area contributed by atoms with Gasteiger partial charge in [-0.1, -0.05) is 48.9 Å². The predicted octanol–water partition coefficient (Wildman–Crippen LogP) is 4.95. The SMILES string of the molecule is CCc1sc2ccccc2c1CN1CCN2C(=O)C(C)(C)N(Cc3ccc(Cl)cc3)C(=O)C2C1. The highest BCUT2D eigenvalue weighted by molar-refractivity contribution is 7.19. The minimum absolute atomic E-state index is 0.0233. The van der Waals surface area contributed by atoms with Crippen molar-refractivity contribution in [2.45, 2.75) is 51.9 Å². The molecular weight excluding hydrogens is 466 g/mol. The van der Waals surface area contributed by atoms with Crippen molar-refractivity contribution in [1.29, 1.82) is 0 Å². The van der Waals surface area contributed by atoms with Gasteiger partial charge in [0.1, 0.15) is 11.6 Å². The number of fused-ring (bicyclic) bond motifs is 2. The van der Waals surface area contributed by atoms with Crippen molar-refractivity contribution in [2.24, 2.45) is 0 Å². The van der Waals surface area contributed by atoms with E-state index in [4.69, 9.17) is 11.6 Å². The molecule has 2 amide bonds. The molecule has 2 saturated heterocycles. The number of amides is 2. The molecule has 5 nitrogen and oxygen atoms in total. The number of aryl methyl sites for hydroxylation is 1. The lowest BCUT2D eigenvalue weighted by molar-refractivity contribution is -0.173. The van der Waals surface area contributed by atoms with Gasteiger partial charge < -0.3 is 9.80 Å². The Morgan fingerprint density at radius 1 is 1.03 bits per heavy atom. The average Bonchev–Trinajstić information content (AvgIpc) is 3.19. The van der Waals surface area contributed by atoms with Crippen LogP contribution >= 0.6 is 22.9 Å². The Morgan fingerprint density at radius 3 is 2.50 bits per heavy atom. The van der Waals surface area contributed by atoms with E-state index in [9.17, 15) is 9.59 Å². The summed E-state index contributed by atoms with van der Waals surface area (Å²) in [7, 11) is 0. The third-order valence-corrected chi connectivity index (χ3v) is 8.82. The second-order valence-electron chi connectivity index (χ2n) is 9.71. The molecule has 7 heteroatoms. The van der Waals surface area contributed by atoms with Crippen LogP contribution in [0.5, 0.6) is 0 Å². The lowest BCUT2D eigenvalue weighted by atomic mass is 9.91. The Labute approximate surface area is 209 Å². The predicted molar refractivity (Wildman–Crippen MR) is 138 cm³/mol. The van der Waals surface area contributed by atoms with Gasteiger partial charge >= 0.3 is 0 Å². The minimum Gasteiger partial charge on any atom is -0.326 e. The molecule has 1 aromatic heterocycles. The van der Waals surface area contributed by atoms with Crippen molar-refractivity contribution >= 4 is 44.8 Å². The van der Waals surface area contributed by atoms with Gasteiger partial charge in [-0.2, -0.15) is 0 Å². The number of thiophene rings is 1. The van der Waals surface area contributed by atoms with Gasteiger partial charge in [0.2, 0.25) is 11.8 Å². The molecular formula is C27H30ClN3O2S. The molecule has 1 atom stereocenters. The fourth-order valence-electron chi connectivity index (χ4n) is 5.24. The van der Waals surface area contributed by atoms with Crippen LogP contribution in [0.4, 0.5) is 0 Å². The number of nitrogens with zero attached hydrogens (tertiary/aromatic N) is 3. The number of hydrogen-bond acceptors (Lipinski definition) is 4. The molecule has 0 N–H and O–H groups in total. The summed E-state index contributed by atoms with van der Waals surface area (Å²) in [5.74, 6) is 0.0519. The summed E-state index contributed by atoms with van der Waals surface area (Å²) in [4.78, 5) is 34.5. The Balaban J connectivity index is 1.39. The first-order valence-electron chi connectivity index (χ1n) is 11.9. The Bertz CT molecular complexity index is 1240. The van der Waals surface area contributed by atoms with Crippen molar-refractivity contribution in [3.05, 3.63) is 69.6 Å². The Morgan fingerprint density at radius 2 is 1.76 bits per heavy atom. The van der Waals surface area contributed by atoms with E-state index >= 15 is 0 Å². The van der Waals surface area contributed by atoms with Crippen molar-refractivity contribution in [3.8, 4) is 0 Å². The Kier molecular flexibility index (Phi) is 6.17. The number of hydrogen-bond donors (Lipinski definition) is 0. The van der Waals surface area contributed by atoms with Crippen LogP contribution in [0.1, 0.15) is 36.8 Å². The third-order valence-electron chi connectivity index (χ3n) is 7.21. The zero-order chi connectivity index (χ0) is 24.0. The maximum Gasteiger partial charge on any atom is 0.248 e. The van der Waals surface area contributed by atoms with E-state index in [0.29, 0.717) is 24.7 Å². The molecule has 5 rings (SSSR count). The van der Waals surface area contributed by atoms with Crippen molar-refractivity contribution in [1.82, 2.24) is 14.7 Å². The van der Waals surface area contributed by atoms with E-state index in [0.717, 1.165) is 25.1 Å². The summed E-state index contributed by atoms with van der Waals surface area (Å²) < 4.78 is 1.31. The maximum atomic E-state index is 13.8. The smallest absolute Gasteiger partial charge is 0.248 e. The van der Waals surface area contributed by atoms with Gasteiger partial charge in [-0.05, 0) is 55.0 Å². The van der Waals surface area contributed by atoms with Crippen LogP contribution in [-0.2, 0) is 29.1 Å². The summed E-state index contributed by atoms with van der Waals surface area (Å²) in [6.07, 6.45) is 0.999. The Hall–Kier alpha value is -2.41. The largest absolute Gasteiger partial charge is 0.326 e. The van der Waals surface area contributed by atoms with Gasteiger partial charge in [0.25, 0.3) is 0 Å². The van der Waals surface area contributed by atoms with Gasteiger partial charge in [-0.3, -0.25) is 14.5 Å². The van der Waals surface area contributed by atoms with E-state index in [2.05, 4.69) is 36.1 Å². The maximum absolute atomic E-state index is 13.8. The topological polar surface area (TPSA) is 43.9 Å². The molecule has 34 heavy (non-hydrogen) atoms. The summed E-state index contributed by atoms with van der Waals surface area (Å²) >= 11 is 7.90. The molecule has 2 aromatic carbocycles. The molecule has 3 aromatic rings. The normalized spacial score (nSPS) is 20.8. The first-order chi connectivity index (χ1) is 16.3. The van der Waals surface area contributed by atoms with Crippen LogP contribution in [0.25, 0.3) is 10.1 Å². The highest BCUT2D eigenvalue weighted by Crippen LogP contribution is 2.35. The highest BCUT2D eigenvalue weighted by atomic mass is 35.5. The molecule has 2 fully saturated rings. The summed E-state index contributed by atoms with van der Waals surface area (Å²) in [6.45, 7) is 9.03.